The van der Waals surface area contributed by atoms with Crippen molar-refractivity contribution in [3.63, 3.8) is 0 Å². The summed E-state index contributed by atoms with van der Waals surface area (Å²) in [5.41, 5.74) is 1.00. The van der Waals surface area contributed by atoms with Gasteiger partial charge in [-0.15, -0.1) is 0 Å². The molecule has 0 amide bonds. The van der Waals surface area contributed by atoms with Gasteiger partial charge >= 0.3 is 5.97 Å². The molecule has 2 aromatic carbocycles. The van der Waals surface area contributed by atoms with Crippen LogP contribution in [0.5, 0.6) is 5.75 Å². The van der Waals surface area contributed by atoms with E-state index in [4.69, 9.17) is 9.84 Å². The number of aromatic amines is 1. The Labute approximate surface area is 114 Å². The lowest BCUT2D eigenvalue weighted by molar-refractivity contribution is -0.139. The lowest BCUT2D eigenvalue weighted by Gasteiger charge is -2.06. The van der Waals surface area contributed by atoms with Crippen LogP contribution in [0.3, 0.4) is 0 Å². The third kappa shape index (κ3) is 2.47. The van der Waals surface area contributed by atoms with Gasteiger partial charge < -0.3 is 14.8 Å². The molecule has 3 rings (SSSR count). The number of carbonyl (C=O) groups is 1. The van der Waals surface area contributed by atoms with Crippen LogP contribution in [0, 0.1) is 0 Å². The quantitative estimate of drug-likeness (QED) is 0.762. The van der Waals surface area contributed by atoms with Crippen LogP contribution < -0.4 is 4.74 Å². The predicted octanol–water partition coefficient (Wildman–Crippen LogP) is 2.69. The second kappa shape index (κ2) is 5.05. The van der Waals surface area contributed by atoms with Crippen molar-refractivity contribution in [1.29, 1.82) is 0 Å². The number of benzene rings is 2. The first-order chi connectivity index (χ1) is 9.72. The Kier molecular flexibility index (Phi) is 3.09. The SMILES string of the molecule is O=C(O)COc1ccc2cc(-c3ncc[nH]3)ccc2c1. The van der Waals surface area contributed by atoms with Gasteiger partial charge in [-0.05, 0) is 29.0 Å². The van der Waals surface area contributed by atoms with Gasteiger partial charge in [0.05, 0.1) is 0 Å². The third-order valence-electron chi connectivity index (χ3n) is 2.95. The fourth-order valence-corrected chi connectivity index (χ4v) is 2.03. The number of fused-ring (bicyclic) bond motifs is 1. The van der Waals surface area contributed by atoms with E-state index in [1.54, 1.807) is 18.5 Å². The first kappa shape index (κ1) is 12.2. The summed E-state index contributed by atoms with van der Waals surface area (Å²) in [5, 5.41) is 10.6. The molecule has 0 saturated carbocycles. The predicted molar refractivity (Wildman–Crippen MR) is 74.7 cm³/mol. The van der Waals surface area contributed by atoms with Crippen molar-refractivity contribution in [3.8, 4) is 17.1 Å². The average Bonchev–Trinajstić information content (AvgIpc) is 2.98. The Morgan fingerprint density at radius 1 is 1.20 bits per heavy atom. The molecule has 0 saturated heterocycles. The normalized spacial score (nSPS) is 10.6. The van der Waals surface area contributed by atoms with Gasteiger partial charge in [0.1, 0.15) is 11.6 Å². The molecule has 0 atom stereocenters. The van der Waals surface area contributed by atoms with Crippen LogP contribution in [0.25, 0.3) is 22.2 Å². The molecule has 100 valence electrons. The molecule has 5 nitrogen and oxygen atoms in total. The summed E-state index contributed by atoms with van der Waals surface area (Å²) in [5.74, 6) is 0.377. The fourth-order valence-electron chi connectivity index (χ4n) is 2.03. The van der Waals surface area contributed by atoms with E-state index in [9.17, 15) is 4.79 Å². The summed E-state index contributed by atoms with van der Waals surface area (Å²) in [7, 11) is 0. The van der Waals surface area contributed by atoms with E-state index in [0.29, 0.717) is 5.75 Å². The molecule has 5 heteroatoms. The van der Waals surface area contributed by atoms with Crippen molar-refractivity contribution in [2.45, 2.75) is 0 Å². The Bertz CT molecular complexity index is 751. The molecule has 0 aliphatic carbocycles. The summed E-state index contributed by atoms with van der Waals surface area (Å²) >= 11 is 0. The maximum Gasteiger partial charge on any atom is 0.341 e. The summed E-state index contributed by atoms with van der Waals surface area (Å²) in [6.45, 7) is -0.337. The largest absolute Gasteiger partial charge is 0.482 e. The van der Waals surface area contributed by atoms with E-state index in [-0.39, 0.29) is 6.61 Å². The van der Waals surface area contributed by atoms with Crippen molar-refractivity contribution in [3.05, 3.63) is 48.8 Å². The Morgan fingerprint density at radius 3 is 2.75 bits per heavy atom. The van der Waals surface area contributed by atoms with Gasteiger partial charge in [-0.3, -0.25) is 0 Å². The number of carboxylic acids is 1. The molecular weight excluding hydrogens is 256 g/mol. The van der Waals surface area contributed by atoms with Gasteiger partial charge in [-0.2, -0.15) is 0 Å². The third-order valence-corrected chi connectivity index (χ3v) is 2.95. The number of imidazole rings is 1. The average molecular weight is 268 g/mol. The van der Waals surface area contributed by atoms with Gasteiger partial charge in [-0.25, -0.2) is 9.78 Å². The number of carboxylic acid groups (broad SMARTS) is 1. The number of hydrogen-bond donors (Lipinski definition) is 2. The highest BCUT2D eigenvalue weighted by Gasteiger charge is 2.04. The zero-order valence-corrected chi connectivity index (χ0v) is 10.5. The van der Waals surface area contributed by atoms with Gasteiger partial charge in [-0.1, -0.05) is 18.2 Å². The standard InChI is InChI=1S/C15H12N2O3/c18-14(19)9-20-13-4-3-10-7-12(2-1-11(10)8-13)15-16-5-6-17-15/h1-8H,9H2,(H,16,17)(H,18,19). The van der Waals surface area contributed by atoms with Crippen LogP contribution >= 0.6 is 0 Å². The molecule has 0 aliphatic heterocycles. The van der Waals surface area contributed by atoms with Gasteiger partial charge in [0.2, 0.25) is 0 Å². The number of H-pyrrole nitrogens is 1. The number of aromatic nitrogens is 2. The molecule has 0 bridgehead atoms. The van der Waals surface area contributed by atoms with E-state index in [1.807, 2.05) is 30.3 Å². The zero-order valence-electron chi connectivity index (χ0n) is 10.5. The maximum absolute atomic E-state index is 10.5. The monoisotopic (exact) mass is 268 g/mol. The molecule has 0 unspecified atom stereocenters. The van der Waals surface area contributed by atoms with Gasteiger partial charge in [0, 0.05) is 18.0 Å². The molecule has 0 radical (unpaired) electrons. The minimum Gasteiger partial charge on any atom is -0.482 e. The van der Waals surface area contributed by atoms with E-state index >= 15 is 0 Å². The number of nitrogens with zero attached hydrogens (tertiary/aromatic N) is 1. The number of aliphatic carboxylic acids is 1. The molecule has 1 heterocycles. The van der Waals surface area contributed by atoms with E-state index in [1.165, 1.54) is 0 Å². The lowest BCUT2D eigenvalue weighted by atomic mass is 10.1. The van der Waals surface area contributed by atoms with E-state index < -0.39 is 5.97 Å². The summed E-state index contributed by atoms with van der Waals surface area (Å²) in [6.07, 6.45) is 3.49. The number of rotatable bonds is 4. The zero-order chi connectivity index (χ0) is 13.9. The second-order valence-electron chi connectivity index (χ2n) is 4.34. The minimum absolute atomic E-state index is 0.337. The summed E-state index contributed by atoms with van der Waals surface area (Å²) < 4.78 is 5.16. The number of ether oxygens (including phenoxy) is 1. The molecule has 20 heavy (non-hydrogen) atoms. The van der Waals surface area contributed by atoms with Crippen LogP contribution in [-0.2, 0) is 4.79 Å². The van der Waals surface area contributed by atoms with Crippen molar-refractivity contribution in [2.24, 2.45) is 0 Å². The van der Waals surface area contributed by atoms with Crippen molar-refractivity contribution in [2.75, 3.05) is 6.61 Å². The van der Waals surface area contributed by atoms with Gasteiger partial charge in [0.15, 0.2) is 6.61 Å². The number of hydrogen-bond acceptors (Lipinski definition) is 3. The molecule has 0 aliphatic rings. The highest BCUT2D eigenvalue weighted by molar-refractivity contribution is 5.87. The lowest BCUT2D eigenvalue weighted by Crippen LogP contribution is -2.09. The van der Waals surface area contributed by atoms with E-state index in [0.717, 1.165) is 22.2 Å². The van der Waals surface area contributed by atoms with Crippen LogP contribution in [-0.4, -0.2) is 27.7 Å². The minimum atomic E-state index is -0.988. The Hall–Kier alpha value is -2.82. The molecule has 2 N–H and O–H groups in total. The van der Waals surface area contributed by atoms with Crippen LogP contribution in [0.4, 0.5) is 0 Å². The molecule has 0 spiro atoms. The molecule has 1 aromatic heterocycles. The highest BCUT2D eigenvalue weighted by Crippen LogP contribution is 2.25. The second-order valence-corrected chi connectivity index (χ2v) is 4.34. The van der Waals surface area contributed by atoms with Crippen LogP contribution in [0.2, 0.25) is 0 Å². The van der Waals surface area contributed by atoms with E-state index in [2.05, 4.69) is 9.97 Å². The smallest absolute Gasteiger partial charge is 0.341 e. The fraction of sp³-hybridized carbons (Fsp3) is 0.0667. The molecular formula is C15H12N2O3. The summed E-state index contributed by atoms with van der Waals surface area (Å²) in [6, 6.07) is 11.4. The molecule has 3 aromatic rings. The maximum atomic E-state index is 10.5. The molecule has 0 fully saturated rings. The van der Waals surface area contributed by atoms with Crippen molar-refractivity contribution in [1.82, 2.24) is 9.97 Å². The topological polar surface area (TPSA) is 75.2 Å². The Balaban J connectivity index is 1.93. The number of nitrogens with one attached hydrogen (secondary N) is 1. The van der Waals surface area contributed by atoms with Crippen LogP contribution in [0.1, 0.15) is 0 Å². The first-order valence-corrected chi connectivity index (χ1v) is 6.10. The highest BCUT2D eigenvalue weighted by atomic mass is 16.5. The Morgan fingerprint density at radius 2 is 2.00 bits per heavy atom. The summed E-state index contributed by atoms with van der Waals surface area (Å²) in [4.78, 5) is 17.8. The van der Waals surface area contributed by atoms with Crippen molar-refractivity contribution < 1.29 is 14.6 Å². The van der Waals surface area contributed by atoms with Crippen LogP contribution in [0.15, 0.2) is 48.8 Å². The van der Waals surface area contributed by atoms with Gasteiger partial charge in [0.25, 0.3) is 0 Å². The van der Waals surface area contributed by atoms with Crippen molar-refractivity contribution >= 4 is 16.7 Å². The first-order valence-electron chi connectivity index (χ1n) is 6.10.